The highest BCUT2D eigenvalue weighted by Gasteiger charge is 2.21. The van der Waals surface area contributed by atoms with Gasteiger partial charge in [0, 0.05) is 30.1 Å². The van der Waals surface area contributed by atoms with Crippen LogP contribution in [0.4, 0.5) is 0 Å². The number of thiophene rings is 1. The molecule has 5 nitrogen and oxygen atoms in total. The Morgan fingerprint density at radius 1 is 1.39 bits per heavy atom. The third kappa shape index (κ3) is 5.59. The van der Waals surface area contributed by atoms with E-state index < -0.39 is 0 Å². The summed E-state index contributed by atoms with van der Waals surface area (Å²) < 4.78 is 10.9. The van der Waals surface area contributed by atoms with Crippen molar-refractivity contribution in [3.05, 3.63) is 58.8 Å². The summed E-state index contributed by atoms with van der Waals surface area (Å²) in [7, 11) is 1.57. The Morgan fingerprint density at radius 3 is 3.04 bits per heavy atom. The number of carbonyl (C=O) groups is 1. The lowest BCUT2D eigenvalue weighted by atomic mass is 9.97. The number of amides is 1. The molecule has 2 heterocycles. The van der Waals surface area contributed by atoms with Gasteiger partial charge in [-0.1, -0.05) is 18.7 Å². The fourth-order valence-electron chi connectivity index (χ4n) is 3.50. The second-order valence-electron chi connectivity index (χ2n) is 7.00. The molecule has 1 aliphatic rings. The van der Waals surface area contributed by atoms with Crippen molar-refractivity contribution in [2.45, 2.75) is 19.4 Å². The molecule has 0 radical (unpaired) electrons. The van der Waals surface area contributed by atoms with E-state index in [1.807, 2.05) is 0 Å². The van der Waals surface area contributed by atoms with Crippen LogP contribution in [0.1, 0.15) is 28.1 Å². The standard InChI is InChI=1S/C22H28N2O3S/c1-3-11-27-20-9-8-18(13-21(20)26-2)22(25)23-14-17-6-4-10-24(15-17)16-19-7-5-12-28-19/h3,5,7-9,12-13,17H,1,4,6,10-11,14-16H2,2H3,(H,23,25). The van der Waals surface area contributed by atoms with Gasteiger partial charge in [0.15, 0.2) is 11.5 Å². The van der Waals surface area contributed by atoms with Crippen LogP contribution in [0, 0.1) is 5.92 Å². The highest BCUT2D eigenvalue weighted by molar-refractivity contribution is 7.09. The van der Waals surface area contributed by atoms with E-state index in [0.717, 1.165) is 26.1 Å². The lowest BCUT2D eigenvalue weighted by Gasteiger charge is -2.32. The summed E-state index contributed by atoms with van der Waals surface area (Å²) in [6.07, 6.45) is 4.00. The Balaban J connectivity index is 1.52. The molecule has 0 spiro atoms. The quantitative estimate of drug-likeness (QED) is 0.647. The fourth-order valence-corrected chi connectivity index (χ4v) is 4.25. The summed E-state index contributed by atoms with van der Waals surface area (Å²) in [6.45, 7) is 7.88. The molecular formula is C22H28N2O3S. The molecule has 1 fully saturated rings. The average Bonchev–Trinajstić information content (AvgIpc) is 3.23. The number of rotatable bonds is 9. The van der Waals surface area contributed by atoms with Gasteiger partial charge < -0.3 is 14.8 Å². The number of methoxy groups -OCH3 is 1. The number of benzene rings is 1. The molecule has 1 aromatic carbocycles. The van der Waals surface area contributed by atoms with Crippen LogP contribution in [0.15, 0.2) is 48.4 Å². The van der Waals surface area contributed by atoms with Gasteiger partial charge in [0.05, 0.1) is 7.11 Å². The van der Waals surface area contributed by atoms with Crippen LogP contribution in [0.25, 0.3) is 0 Å². The van der Waals surface area contributed by atoms with Gasteiger partial charge in [-0.05, 0) is 54.9 Å². The summed E-state index contributed by atoms with van der Waals surface area (Å²) in [5.41, 5.74) is 0.578. The highest BCUT2D eigenvalue weighted by Crippen LogP contribution is 2.28. The second kappa shape index (κ2) is 10.3. The van der Waals surface area contributed by atoms with Crippen molar-refractivity contribution in [2.24, 2.45) is 5.92 Å². The minimum absolute atomic E-state index is 0.0797. The molecule has 1 amide bonds. The molecule has 1 unspecified atom stereocenters. The molecule has 1 atom stereocenters. The number of likely N-dealkylation sites (tertiary alicyclic amines) is 1. The number of hydrogen-bond donors (Lipinski definition) is 1. The molecule has 1 N–H and O–H groups in total. The van der Waals surface area contributed by atoms with Crippen molar-refractivity contribution in [3.8, 4) is 11.5 Å². The normalized spacial score (nSPS) is 17.1. The van der Waals surface area contributed by atoms with Crippen molar-refractivity contribution >= 4 is 17.2 Å². The topological polar surface area (TPSA) is 50.8 Å². The van der Waals surface area contributed by atoms with Crippen LogP contribution >= 0.6 is 11.3 Å². The summed E-state index contributed by atoms with van der Waals surface area (Å²) in [6, 6.07) is 9.54. The van der Waals surface area contributed by atoms with Crippen molar-refractivity contribution in [1.29, 1.82) is 0 Å². The van der Waals surface area contributed by atoms with E-state index in [4.69, 9.17) is 9.47 Å². The summed E-state index contributed by atoms with van der Waals surface area (Å²) in [5, 5.41) is 5.21. The van der Waals surface area contributed by atoms with Crippen molar-refractivity contribution < 1.29 is 14.3 Å². The number of nitrogens with zero attached hydrogens (tertiary/aromatic N) is 1. The Morgan fingerprint density at radius 2 is 2.29 bits per heavy atom. The smallest absolute Gasteiger partial charge is 0.251 e. The van der Waals surface area contributed by atoms with E-state index in [-0.39, 0.29) is 5.91 Å². The monoisotopic (exact) mass is 400 g/mol. The molecule has 3 rings (SSSR count). The van der Waals surface area contributed by atoms with E-state index in [9.17, 15) is 4.79 Å². The zero-order valence-electron chi connectivity index (χ0n) is 16.4. The maximum absolute atomic E-state index is 12.6. The van der Waals surface area contributed by atoms with Crippen molar-refractivity contribution in [1.82, 2.24) is 10.2 Å². The zero-order chi connectivity index (χ0) is 19.8. The Hall–Kier alpha value is -2.31. The fraction of sp³-hybridized carbons (Fsp3) is 0.409. The Bertz CT molecular complexity index is 776. The maximum Gasteiger partial charge on any atom is 0.251 e. The van der Waals surface area contributed by atoms with Crippen LogP contribution < -0.4 is 14.8 Å². The van der Waals surface area contributed by atoms with Gasteiger partial charge >= 0.3 is 0 Å². The minimum atomic E-state index is -0.0797. The predicted octanol–water partition coefficient (Wildman–Crippen LogP) is 3.96. The van der Waals surface area contributed by atoms with E-state index in [2.05, 4.69) is 34.3 Å². The minimum Gasteiger partial charge on any atom is -0.493 e. The zero-order valence-corrected chi connectivity index (χ0v) is 17.2. The molecule has 150 valence electrons. The number of ether oxygens (including phenoxy) is 2. The molecule has 0 bridgehead atoms. The summed E-state index contributed by atoms with van der Waals surface area (Å²) in [5.74, 6) is 1.56. The first-order valence-corrected chi connectivity index (χ1v) is 10.5. The van der Waals surface area contributed by atoms with Gasteiger partial charge in [0.2, 0.25) is 0 Å². The number of hydrogen-bond acceptors (Lipinski definition) is 5. The van der Waals surface area contributed by atoms with Gasteiger partial charge in [-0.15, -0.1) is 11.3 Å². The van der Waals surface area contributed by atoms with Crippen LogP contribution in [0.2, 0.25) is 0 Å². The number of nitrogens with one attached hydrogen (secondary N) is 1. The lowest BCUT2D eigenvalue weighted by Crippen LogP contribution is -2.40. The molecule has 1 aromatic heterocycles. The lowest BCUT2D eigenvalue weighted by molar-refractivity contribution is 0.0930. The van der Waals surface area contributed by atoms with Crippen LogP contribution in [0.5, 0.6) is 11.5 Å². The largest absolute Gasteiger partial charge is 0.493 e. The number of carbonyl (C=O) groups excluding carboxylic acids is 1. The van der Waals surface area contributed by atoms with Crippen LogP contribution in [-0.2, 0) is 6.54 Å². The van der Waals surface area contributed by atoms with E-state index in [1.165, 1.54) is 11.3 Å². The van der Waals surface area contributed by atoms with Gasteiger partial charge in [0.25, 0.3) is 5.91 Å². The van der Waals surface area contributed by atoms with E-state index in [0.29, 0.717) is 36.1 Å². The second-order valence-corrected chi connectivity index (χ2v) is 8.03. The average molecular weight is 401 g/mol. The Kier molecular flexibility index (Phi) is 7.51. The predicted molar refractivity (Wildman–Crippen MR) is 113 cm³/mol. The Labute approximate surface area is 171 Å². The van der Waals surface area contributed by atoms with Crippen molar-refractivity contribution in [3.63, 3.8) is 0 Å². The van der Waals surface area contributed by atoms with Gasteiger partial charge in [-0.25, -0.2) is 0 Å². The highest BCUT2D eigenvalue weighted by atomic mass is 32.1. The first-order valence-electron chi connectivity index (χ1n) is 9.64. The van der Waals surface area contributed by atoms with Gasteiger partial charge in [-0.2, -0.15) is 0 Å². The van der Waals surface area contributed by atoms with Crippen LogP contribution in [0.3, 0.4) is 0 Å². The van der Waals surface area contributed by atoms with Gasteiger partial charge in [0.1, 0.15) is 6.61 Å². The molecule has 6 heteroatoms. The molecular weight excluding hydrogens is 372 g/mol. The first kappa shape index (κ1) is 20.4. The molecule has 0 saturated carbocycles. The van der Waals surface area contributed by atoms with Gasteiger partial charge in [-0.3, -0.25) is 9.69 Å². The number of piperidine rings is 1. The van der Waals surface area contributed by atoms with E-state index >= 15 is 0 Å². The molecule has 0 aliphatic carbocycles. The molecule has 28 heavy (non-hydrogen) atoms. The first-order chi connectivity index (χ1) is 13.7. The van der Waals surface area contributed by atoms with Crippen molar-refractivity contribution in [2.75, 3.05) is 33.4 Å². The third-order valence-electron chi connectivity index (χ3n) is 4.90. The molecule has 1 saturated heterocycles. The molecule has 2 aromatic rings. The summed E-state index contributed by atoms with van der Waals surface area (Å²) in [4.78, 5) is 16.5. The SMILES string of the molecule is C=CCOc1ccc(C(=O)NCC2CCCN(Cc3cccs3)C2)cc1OC. The molecule has 1 aliphatic heterocycles. The maximum atomic E-state index is 12.6. The summed E-state index contributed by atoms with van der Waals surface area (Å²) >= 11 is 1.80. The van der Waals surface area contributed by atoms with Crippen LogP contribution in [-0.4, -0.2) is 44.2 Å². The third-order valence-corrected chi connectivity index (χ3v) is 5.76. The van der Waals surface area contributed by atoms with E-state index in [1.54, 1.807) is 42.7 Å².